The van der Waals surface area contributed by atoms with Crippen molar-refractivity contribution in [2.24, 2.45) is 5.92 Å². The minimum Gasteiger partial charge on any atom is -0.479 e. The second kappa shape index (κ2) is 8.23. The number of carbonyl (C=O) groups excluding carboxylic acids is 2. The molecule has 5 nitrogen and oxygen atoms in total. The molecule has 4 rings (SSSR count). The van der Waals surface area contributed by atoms with Crippen molar-refractivity contribution in [3.8, 4) is 5.75 Å². The second-order valence-corrected chi connectivity index (χ2v) is 7.78. The van der Waals surface area contributed by atoms with Gasteiger partial charge >= 0.3 is 0 Å². The van der Waals surface area contributed by atoms with Crippen molar-refractivity contribution < 1.29 is 18.7 Å². The smallest absolute Gasteiger partial charge is 0.268 e. The van der Waals surface area contributed by atoms with E-state index < -0.39 is 6.10 Å². The Morgan fingerprint density at radius 2 is 1.93 bits per heavy atom. The maximum Gasteiger partial charge on any atom is 0.268 e. The highest BCUT2D eigenvalue weighted by Crippen LogP contribution is 2.37. The van der Waals surface area contributed by atoms with Crippen LogP contribution in [0.1, 0.15) is 44.6 Å². The predicted octanol–water partition coefficient (Wildman–Crippen LogP) is 4.66. The van der Waals surface area contributed by atoms with Crippen LogP contribution in [0.25, 0.3) is 0 Å². The molecular formula is C23H25FN2O3. The third-order valence-corrected chi connectivity index (χ3v) is 5.70. The molecule has 2 amide bonds. The summed E-state index contributed by atoms with van der Waals surface area (Å²) in [5.41, 5.74) is 1.58. The van der Waals surface area contributed by atoms with Crippen molar-refractivity contribution in [2.45, 2.75) is 51.7 Å². The van der Waals surface area contributed by atoms with Crippen LogP contribution in [0.5, 0.6) is 5.75 Å². The van der Waals surface area contributed by atoms with Crippen LogP contribution < -0.4 is 15.0 Å². The highest BCUT2D eigenvalue weighted by atomic mass is 19.1. The number of nitrogens with zero attached hydrogens (tertiary/aromatic N) is 1. The summed E-state index contributed by atoms with van der Waals surface area (Å²) in [4.78, 5) is 26.9. The highest BCUT2D eigenvalue weighted by molar-refractivity contribution is 6.01. The number of carbonyl (C=O) groups is 2. The van der Waals surface area contributed by atoms with Gasteiger partial charge in [-0.25, -0.2) is 4.39 Å². The first-order valence-corrected chi connectivity index (χ1v) is 10.2. The molecule has 0 radical (unpaired) electrons. The summed E-state index contributed by atoms with van der Waals surface area (Å²) in [6, 6.07) is 11.7. The number of fused-ring (bicyclic) bond motifs is 1. The lowest BCUT2D eigenvalue weighted by Gasteiger charge is -2.33. The molecule has 1 fully saturated rings. The summed E-state index contributed by atoms with van der Waals surface area (Å²) in [5.74, 6) is -0.00250. The van der Waals surface area contributed by atoms with Crippen molar-refractivity contribution in [1.29, 1.82) is 0 Å². The van der Waals surface area contributed by atoms with Gasteiger partial charge in [-0.1, -0.05) is 37.5 Å². The third-order valence-electron chi connectivity index (χ3n) is 5.70. The van der Waals surface area contributed by atoms with Gasteiger partial charge in [0.05, 0.1) is 12.2 Å². The Hall–Kier alpha value is -2.89. The first-order chi connectivity index (χ1) is 14.0. The normalized spacial score (nSPS) is 19.4. The molecule has 1 atom stereocenters. The fraction of sp³-hybridized carbons (Fsp3) is 0.391. The molecule has 0 saturated heterocycles. The van der Waals surface area contributed by atoms with Crippen molar-refractivity contribution in [2.75, 3.05) is 10.2 Å². The van der Waals surface area contributed by atoms with Gasteiger partial charge in [-0.15, -0.1) is 0 Å². The number of anilines is 2. The van der Waals surface area contributed by atoms with E-state index in [1.807, 2.05) is 0 Å². The van der Waals surface area contributed by atoms with Crippen LogP contribution >= 0.6 is 0 Å². The Balaban J connectivity index is 1.60. The van der Waals surface area contributed by atoms with Gasteiger partial charge in [0.25, 0.3) is 5.91 Å². The molecule has 1 unspecified atom stereocenters. The van der Waals surface area contributed by atoms with Crippen LogP contribution in [0.15, 0.2) is 42.5 Å². The van der Waals surface area contributed by atoms with Gasteiger partial charge in [-0.3, -0.25) is 9.59 Å². The molecule has 0 bridgehead atoms. The minimum absolute atomic E-state index is 0.0155. The van der Waals surface area contributed by atoms with Crippen LogP contribution in [-0.2, 0) is 16.1 Å². The zero-order valence-electron chi connectivity index (χ0n) is 16.5. The average Bonchev–Trinajstić information content (AvgIpc) is 2.73. The Labute approximate surface area is 169 Å². The van der Waals surface area contributed by atoms with E-state index >= 15 is 0 Å². The summed E-state index contributed by atoms with van der Waals surface area (Å²) >= 11 is 0. The Morgan fingerprint density at radius 1 is 1.17 bits per heavy atom. The summed E-state index contributed by atoms with van der Waals surface area (Å²) in [5, 5.41) is 2.98. The molecule has 1 N–H and O–H groups in total. The van der Waals surface area contributed by atoms with E-state index in [9.17, 15) is 14.0 Å². The summed E-state index contributed by atoms with van der Waals surface area (Å²) in [6.45, 7) is 1.78. The van der Waals surface area contributed by atoms with Crippen LogP contribution in [-0.4, -0.2) is 17.9 Å². The molecule has 0 spiro atoms. The molecular weight excluding hydrogens is 371 g/mol. The first kappa shape index (κ1) is 19.4. The van der Waals surface area contributed by atoms with Crippen molar-refractivity contribution in [1.82, 2.24) is 0 Å². The predicted molar refractivity (Wildman–Crippen MR) is 109 cm³/mol. The van der Waals surface area contributed by atoms with E-state index in [1.54, 1.807) is 43.3 Å². The van der Waals surface area contributed by atoms with E-state index in [1.165, 1.54) is 17.4 Å². The molecule has 0 aromatic heterocycles. The number of nitrogens with one attached hydrogen (secondary N) is 1. The Morgan fingerprint density at radius 3 is 2.69 bits per heavy atom. The summed E-state index contributed by atoms with van der Waals surface area (Å²) in [6.07, 6.45) is 4.52. The standard InChI is InChI=1S/C23H25FN2O3/c1-15-23(28)26(14-17-9-5-6-10-19(17)24)20-13-18(11-12-21(20)29-15)25-22(27)16-7-3-2-4-8-16/h5-6,9-13,15-16H,2-4,7-8,14H2,1H3,(H,25,27). The zero-order valence-corrected chi connectivity index (χ0v) is 16.5. The zero-order chi connectivity index (χ0) is 20.4. The molecule has 2 aromatic carbocycles. The molecule has 2 aliphatic rings. The Bertz CT molecular complexity index is 924. The molecule has 2 aromatic rings. The molecule has 152 valence electrons. The van der Waals surface area contributed by atoms with Gasteiger partial charge in [0.15, 0.2) is 6.10 Å². The van der Waals surface area contributed by atoms with Crippen LogP contribution in [0.2, 0.25) is 0 Å². The lowest BCUT2D eigenvalue weighted by atomic mass is 9.88. The molecule has 1 aliphatic heterocycles. The number of benzene rings is 2. The SMILES string of the molecule is CC1Oc2ccc(NC(=O)C3CCCCC3)cc2N(Cc2ccccc2F)C1=O. The van der Waals surface area contributed by atoms with E-state index in [4.69, 9.17) is 4.74 Å². The average molecular weight is 396 g/mol. The molecule has 6 heteroatoms. The van der Waals surface area contributed by atoms with Crippen molar-refractivity contribution in [3.05, 3.63) is 53.8 Å². The number of hydrogen-bond acceptors (Lipinski definition) is 3. The molecule has 29 heavy (non-hydrogen) atoms. The largest absolute Gasteiger partial charge is 0.479 e. The van der Waals surface area contributed by atoms with Gasteiger partial charge in [0, 0.05) is 17.2 Å². The number of rotatable bonds is 4. The summed E-state index contributed by atoms with van der Waals surface area (Å²) < 4.78 is 19.9. The Kier molecular flexibility index (Phi) is 5.51. The van der Waals surface area contributed by atoms with Gasteiger partial charge in [0.2, 0.25) is 5.91 Å². The van der Waals surface area contributed by atoms with E-state index in [0.717, 1.165) is 25.7 Å². The maximum atomic E-state index is 14.2. The summed E-state index contributed by atoms with van der Waals surface area (Å²) in [7, 11) is 0. The third kappa shape index (κ3) is 4.11. The topological polar surface area (TPSA) is 58.6 Å². The van der Waals surface area contributed by atoms with Gasteiger partial charge in [-0.05, 0) is 44.0 Å². The first-order valence-electron chi connectivity index (χ1n) is 10.2. The van der Waals surface area contributed by atoms with E-state index in [2.05, 4.69) is 5.32 Å². The van der Waals surface area contributed by atoms with Crippen molar-refractivity contribution >= 4 is 23.2 Å². The van der Waals surface area contributed by atoms with Gasteiger partial charge in [-0.2, -0.15) is 0 Å². The second-order valence-electron chi connectivity index (χ2n) is 7.78. The number of amides is 2. The minimum atomic E-state index is -0.656. The van der Waals surface area contributed by atoms with E-state index in [0.29, 0.717) is 22.7 Å². The molecule has 1 saturated carbocycles. The van der Waals surface area contributed by atoms with Crippen LogP contribution in [0, 0.1) is 11.7 Å². The van der Waals surface area contributed by atoms with Crippen LogP contribution in [0.3, 0.4) is 0 Å². The lowest BCUT2D eigenvalue weighted by Crippen LogP contribution is -2.44. The maximum absolute atomic E-state index is 14.2. The molecule has 1 aliphatic carbocycles. The van der Waals surface area contributed by atoms with E-state index in [-0.39, 0.29) is 30.1 Å². The van der Waals surface area contributed by atoms with Crippen LogP contribution in [0.4, 0.5) is 15.8 Å². The fourth-order valence-electron chi connectivity index (χ4n) is 4.05. The lowest BCUT2D eigenvalue weighted by molar-refractivity contribution is -0.125. The fourth-order valence-corrected chi connectivity index (χ4v) is 4.05. The number of halogens is 1. The highest BCUT2D eigenvalue weighted by Gasteiger charge is 2.32. The quantitative estimate of drug-likeness (QED) is 0.818. The molecule has 1 heterocycles. The number of ether oxygens (including phenoxy) is 1. The number of hydrogen-bond donors (Lipinski definition) is 1. The van der Waals surface area contributed by atoms with Crippen molar-refractivity contribution in [3.63, 3.8) is 0 Å². The monoisotopic (exact) mass is 396 g/mol. The van der Waals surface area contributed by atoms with Gasteiger partial charge < -0.3 is 15.0 Å². The van der Waals surface area contributed by atoms with Gasteiger partial charge in [0.1, 0.15) is 11.6 Å².